The van der Waals surface area contributed by atoms with Crippen LogP contribution in [0.2, 0.25) is 0 Å². The second-order valence-electron chi connectivity index (χ2n) is 8.64. The van der Waals surface area contributed by atoms with E-state index < -0.39 is 11.8 Å². The van der Waals surface area contributed by atoms with E-state index in [2.05, 4.69) is 0 Å². The maximum absolute atomic E-state index is 14.4. The van der Waals surface area contributed by atoms with Crippen LogP contribution in [-0.4, -0.2) is 55.3 Å². The van der Waals surface area contributed by atoms with Crippen LogP contribution in [0.15, 0.2) is 24.3 Å². The molecule has 0 bridgehead atoms. The van der Waals surface area contributed by atoms with Gasteiger partial charge in [-0.05, 0) is 62.4 Å². The van der Waals surface area contributed by atoms with Crippen LogP contribution in [0.25, 0.3) is 0 Å². The molecule has 8 heteroatoms. The van der Waals surface area contributed by atoms with E-state index in [1.807, 2.05) is 11.0 Å². The Morgan fingerprint density at radius 3 is 2.42 bits per heavy atom. The molecule has 2 aromatic rings. The number of aryl methyl sites for hydroxylation is 2. The zero-order valence-corrected chi connectivity index (χ0v) is 19.7. The molecular weight excluding hydrogens is 443 g/mol. The summed E-state index contributed by atoms with van der Waals surface area (Å²) in [4.78, 5) is 41.8. The smallest absolute Gasteiger partial charge is 0.348 e. The molecular formula is C25H29FN2O4S. The molecule has 0 N–H and O–H groups in total. The normalized spacial score (nSPS) is 16.5. The number of fused-ring (bicyclic) bond motifs is 1. The fourth-order valence-corrected chi connectivity index (χ4v) is 5.56. The molecule has 1 fully saturated rings. The SMILES string of the molecule is CC(=O)c1ccc(N2CCN(C(=O)COC(=O)c3cc4c(s3)CCCCCC4)CC2)c(F)c1. The zero-order chi connectivity index (χ0) is 23.4. The average molecular weight is 473 g/mol. The number of piperazine rings is 1. The Balaban J connectivity index is 1.28. The van der Waals surface area contributed by atoms with Crippen LogP contribution in [0.3, 0.4) is 0 Å². The number of rotatable bonds is 5. The highest BCUT2D eigenvalue weighted by Gasteiger charge is 2.25. The molecule has 1 aliphatic heterocycles. The molecule has 2 aliphatic rings. The Morgan fingerprint density at radius 2 is 1.73 bits per heavy atom. The summed E-state index contributed by atoms with van der Waals surface area (Å²) in [6.45, 7) is 2.88. The second kappa shape index (κ2) is 10.5. The van der Waals surface area contributed by atoms with Gasteiger partial charge in [-0.3, -0.25) is 9.59 Å². The highest BCUT2D eigenvalue weighted by molar-refractivity contribution is 7.14. The first-order chi connectivity index (χ1) is 15.9. The molecule has 4 rings (SSSR count). The second-order valence-corrected chi connectivity index (χ2v) is 9.78. The van der Waals surface area contributed by atoms with E-state index in [1.165, 1.54) is 47.6 Å². The molecule has 0 spiro atoms. The molecule has 0 saturated carbocycles. The van der Waals surface area contributed by atoms with Crippen molar-refractivity contribution >= 4 is 34.7 Å². The largest absolute Gasteiger partial charge is 0.451 e. The van der Waals surface area contributed by atoms with Crippen molar-refractivity contribution in [3.63, 3.8) is 0 Å². The summed E-state index contributed by atoms with van der Waals surface area (Å²) in [6, 6.07) is 6.41. The third-order valence-corrected chi connectivity index (χ3v) is 7.57. The summed E-state index contributed by atoms with van der Waals surface area (Å²) in [5.74, 6) is -1.31. The Hall–Kier alpha value is -2.74. The molecule has 0 unspecified atom stereocenters. The Bertz CT molecular complexity index is 1020. The number of thiophene rings is 1. The molecule has 1 amide bonds. The Labute approximate surface area is 197 Å². The van der Waals surface area contributed by atoms with E-state index in [0.29, 0.717) is 42.3 Å². The summed E-state index contributed by atoms with van der Waals surface area (Å²) >= 11 is 1.49. The summed E-state index contributed by atoms with van der Waals surface area (Å²) in [7, 11) is 0. The molecule has 176 valence electrons. The van der Waals surface area contributed by atoms with Crippen molar-refractivity contribution in [1.82, 2.24) is 4.90 Å². The van der Waals surface area contributed by atoms with Crippen molar-refractivity contribution in [1.29, 1.82) is 0 Å². The average Bonchev–Trinajstić information content (AvgIpc) is 3.19. The fourth-order valence-electron chi connectivity index (χ4n) is 4.41. The number of hydrogen-bond donors (Lipinski definition) is 0. The topological polar surface area (TPSA) is 66.9 Å². The number of esters is 1. The Kier molecular flexibility index (Phi) is 7.42. The van der Waals surface area contributed by atoms with Gasteiger partial charge < -0.3 is 14.5 Å². The van der Waals surface area contributed by atoms with Gasteiger partial charge in [-0.25, -0.2) is 9.18 Å². The minimum Gasteiger partial charge on any atom is -0.451 e. The van der Waals surface area contributed by atoms with Crippen molar-refractivity contribution in [3.05, 3.63) is 51.0 Å². The van der Waals surface area contributed by atoms with E-state index in [9.17, 15) is 18.8 Å². The van der Waals surface area contributed by atoms with Crippen molar-refractivity contribution in [3.8, 4) is 0 Å². The molecule has 1 aromatic heterocycles. The standard InChI is InChI=1S/C25H29FN2O4S/c1-17(29)18-8-9-21(20(26)14-18)27-10-12-28(13-11-27)24(30)16-32-25(31)23-15-19-6-4-2-3-5-7-22(19)33-23/h8-9,14-15H,2-7,10-13,16H2,1H3. The number of anilines is 1. The predicted molar refractivity (Wildman–Crippen MR) is 126 cm³/mol. The summed E-state index contributed by atoms with van der Waals surface area (Å²) in [5.41, 5.74) is 2.01. The van der Waals surface area contributed by atoms with Crippen LogP contribution in [-0.2, 0) is 22.4 Å². The van der Waals surface area contributed by atoms with Crippen molar-refractivity contribution in [2.75, 3.05) is 37.7 Å². The summed E-state index contributed by atoms with van der Waals surface area (Å²) in [5, 5.41) is 0. The van der Waals surface area contributed by atoms with Gasteiger partial charge >= 0.3 is 5.97 Å². The highest BCUT2D eigenvalue weighted by atomic mass is 32.1. The maximum atomic E-state index is 14.4. The van der Waals surface area contributed by atoms with Crippen LogP contribution in [0, 0.1) is 5.82 Å². The zero-order valence-electron chi connectivity index (χ0n) is 18.9. The molecule has 1 aliphatic carbocycles. The van der Waals surface area contributed by atoms with E-state index in [0.717, 1.165) is 25.7 Å². The van der Waals surface area contributed by atoms with Crippen LogP contribution >= 0.6 is 11.3 Å². The number of amides is 1. The lowest BCUT2D eigenvalue weighted by Gasteiger charge is -2.36. The number of halogens is 1. The van der Waals surface area contributed by atoms with E-state index >= 15 is 0 Å². The van der Waals surface area contributed by atoms with Gasteiger partial charge in [0.2, 0.25) is 0 Å². The van der Waals surface area contributed by atoms with Crippen molar-refractivity contribution in [2.24, 2.45) is 0 Å². The lowest BCUT2D eigenvalue weighted by Crippen LogP contribution is -2.50. The van der Waals surface area contributed by atoms with Crippen LogP contribution in [0.1, 0.15) is 63.1 Å². The van der Waals surface area contributed by atoms with E-state index in [1.54, 1.807) is 17.0 Å². The third kappa shape index (κ3) is 5.61. The van der Waals surface area contributed by atoms with Gasteiger partial charge in [0.15, 0.2) is 12.4 Å². The molecule has 33 heavy (non-hydrogen) atoms. The van der Waals surface area contributed by atoms with E-state index in [-0.39, 0.29) is 18.3 Å². The van der Waals surface area contributed by atoms with Gasteiger partial charge in [0.1, 0.15) is 10.7 Å². The summed E-state index contributed by atoms with van der Waals surface area (Å²) < 4.78 is 19.7. The van der Waals surface area contributed by atoms with Gasteiger partial charge in [-0.2, -0.15) is 0 Å². The number of ether oxygens (including phenoxy) is 1. The number of benzene rings is 1. The minimum atomic E-state index is -0.443. The number of carbonyl (C=O) groups excluding carboxylic acids is 3. The molecule has 6 nitrogen and oxygen atoms in total. The Morgan fingerprint density at radius 1 is 1.00 bits per heavy atom. The summed E-state index contributed by atoms with van der Waals surface area (Å²) in [6.07, 6.45) is 6.77. The first-order valence-electron chi connectivity index (χ1n) is 11.5. The lowest BCUT2D eigenvalue weighted by molar-refractivity contribution is -0.134. The van der Waals surface area contributed by atoms with Gasteiger partial charge in [0.05, 0.1) is 5.69 Å². The number of hydrogen-bond acceptors (Lipinski definition) is 6. The van der Waals surface area contributed by atoms with Crippen LogP contribution in [0.4, 0.5) is 10.1 Å². The van der Waals surface area contributed by atoms with Crippen LogP contribution in [0.5, 0.6) is 0 Å². The van der Waals surface area contributed by atoms with Gasteiger partial charge in [0, 0.05) is 36.6 Å². The molecule has 0 radical (unpaired) electrons. The van der Waals surface area contributed by atoms with Crippen molar-refractivity contribution < 1.29 is 23.5 Å². The number of Topliss-reactive ketones (excluding diaryl/α,β-unsaturated/α-hetero) is 1. The lowest BCUT2D eigenvalue weighted by atomic mass is 10.00. The van der Waals surface area contributed by atoms with Crippen LogP contribution < -0.4 is 4.90 Å². The first-order valence-corrected chi connectivity index (χ1v) is 12.4. The number of ketones is 1. The first kappa shape index (κ1) is 23.4. The predicted octanol–water partition coefficient (Wildman–Crippen LogP) is 4.25. The maximum Gasteiger partial charge on any atom is 0.348 e. The number of nitrogens with zero attached hydrogens (tertiary/aromatic N) is 2. The van der Waals surface area contributed by atoms with Gasteiger partial charge in [-0.1, -0.05) is 12.8 Å². The van der Waals surface area contributed by atoms with Gasteiger partial charge in [-0.15, -0.1) is 11.3 Å². The molecule has 2 heterocycles. The molecule has 1 aromatic carbocycles. The highest BCUT2D eigenvalue weighted by Crippen LogP contribution is 2.29. The quantitative estimate of drug-likeness (QED) is 0.481. The number of carbonyl (C=O) groups is 3. The van der Waals surface area contributed by atoms with Crippen molar-refractivity contribution in [2.45, 2.75) is 45.4 Å². The fraction of sp³-hybridized carbons (Fsp3) is 0.480. The van der Waals surface area contributed by atoms with Gasteiger partial charge in [0.25, 0.3) is 5.91 Å². The molecule has 1 saturated heterocycles. The minimum absolute atomic E-state index is 0.181. The van der Waals surface area contributed by atoms with E-state index in [4.69, 9.17) is 4.74 Å². The third-order valence-electron chi connectivity index (χ3n) is 6.35. The monoisotopic (exact) mass is 472 g/mol. The molecule has 0 atom stereocenters.